The van der Waals surface area contributed by atoms with E-state index in [2.05, 4.69) is 10.5 Å². The van der Waals surface area contributed by atoms with Crippen LogP contribution in [0.5, 0.6) is 0 Å². The van der Waals surface area contributed by atoms with Gasteiger partial charge in [0.1, 0.15) is 6.61 Å². The van der Waals surface area contributed by atoms with E-state index in [0.29, 0.717) is 22.4 Å². The number of aliphatic hydroxyl groups excluding tert-OH is 1. The van der Waals surface area contributed by atoms with Gasteiger partial charge in [-0.25, -0.2) is 15.0 Å². The van der Waals surface area contributed by atoms with Crippen molar-refractivity contribution in [1.29, 1.82) is 0 Å². The van der Waals surface area contributed by atoms with Crippen molar-refractivity contribution in [2.75, 3.05) is 13.2 Å². The molecular formula is C17H15N3O4. The third-order valence-electron chi connectivity index (χ3n) is 3.59. The number of fused-ring (bicyclic) bond motifs is 3. The Bertz CT molecular complexity index is 845. The molecule has 0 bridgehead atoms. The largest absolute Gasteiger partial charge is 0.460 e. The number of carbonyl (C=O) groups excluding carboxylic acids is 2. The van der Waals surface area contributed by atoms with Crippen LogP contribution in [0, 0.1) is 0 Å². The summed E-state index contributed by atoms with van der Waals surface area (Å²) in [5, 5.41) is 12.9. The van der Waals surface area contributed by atoms with Crippen LogP contribution in [0.25, 0.3) is 11.1 Å². The molecule has 0 atom stereocenters. The fraction of sp³-hybridized carbons (Fsp3) is 0.118. The zero-order valence-corrected chi connectivity index (χ0v) is 12.7. The number of ether oxygens (including phenoxy) is 1. The van der Waals surface area contributed by atoms with Gasteiger partial charge in [0.15, 0.2) is 0 Å². The predicted octanol–water partition coefficient (Wildman–Crippen LogP) is 1.24. The number of esters is 1. The van der Waals surface area contributed by atoms with Crippen LogP contribution < -0.4 is 11.2 Å². The highest BCUT2D eigenvalue weighted by Crippen LogP contribution is 2.39. The fourth-order valence-electron chi connectivity index (χ4n) is 2.71. The number of hydrogen-bond acceptors (Lipinski definition) is 5. The molecule has 122 valence electrons. The summed E-state index contributed by atoms with van der Waals surface area (Å²) in [6, 6.07) is 11.8. The fourth-order valence-corrected chi connectivity index (χ4v) is 2.71. The van der Waals surface area contributed by atoms with E-state index < -0.39 is 12.0 Å². The first kappa shape index (κ1) is 15.7. The summed E-state index contributed by atoms with van der Waals surface area (Å²) in [5.74, 6) is -0.528. The second-order valence-electron chi connectivity index (χ2n) is 5.07. The van der Waals surface area contributed by atoms with E-state index in [9.17, 15) is 9.59 Å². The average molecular weight is 325 g/mol. The molecule has 0 unspecified atom stereocenters. The molecule has 3 rings (SSSR count). The van der Waals surface area contributed by atoms with Crippen LogP contribution in [-0.2, 0) is 4.74 Å². The van der Waals surface area contributed by atoms with Gasteiger partial charge in [-0.2, -0.15) is 5.10 Å². The third-order valence-corrected chi connectivity index (χ3v) is 3.59. The van der Waals surface area contributed by atoms with Crippen LogP contribution >= 0.6 is 0 Å². The number of primary amides is 1. The van der Waals surface area contributed by atoms with E-state index in [4.69, 9.17) is 15.6 Å². The van der Waals surface area contributed by atoms with Gasteiger partial charge in [0.25, 0.3) is 0 Å². The summed E-state index contributed by atoms with van der Waals surface area (Å²) in [6.45, 7) is -0.319. The number of aliphatic hydroxyl groups is 1. The van der Waals surface area contributed by atoms with Gasteiger partial charge in [-0.15, -0.1) is 0 Å². The number of benzene rings is 2. The smallest absolute Gasteiger partial charge is 0.338 e. The molecule has 2 aromatic carbocycles. The number of nitrogens with one attached hydrogen (secondary N) is 1. The number of amides is 2. The van der Waals surface area contributed by atoms with Crippen molar-refractivity contribution in [3.8, 4) is 11.1 Å². The molecule has 0 radical (unpaired) electrons. The molecule has 7 heteroatoms. The maximum Gasteiger partial charge on any atom is 0.338 e. The summed E-state index contributed by atoms with van der Waals surface area (Å²) in [7, 11) is 0. The molecule has 4 N–H and O–H groups in total. The first-order valence-corrected chi connectivity index (χ1v) is 7.27. The van der Waals surface area contributed by atoms with E-state index in [1.165, 1.54) is 0 Å². The van der Waals surface area contributed by atoms with E-state index in [0.717, 1.165) is 11.1 Å². The Labute approximate surface area is 137 Å². The first-order chi connectivity index (χ1) is 11.6. The maximum atomic E-state index is 12.3. The van der Waals surface area contributed by atoms with Crippen LogP contribution in [0.15, 0.2) is 47.6 Å². The molecule has 0 saturated carbocycles. The van der Waals surface area contributed by atoms with Gasteiger partial charge in [-0.1, -0.05) is 36.4 Å². The van der Waals surface area contributed by atoms with Gasteiger partial charge >= 0.3 is 12.0 Å². The summed E-state index contributed by atoms with van der Waals surface area (Å²) in [5.41, 5.74) is 11.2. The average Bonchev–Trinajstić information content (AvgIpc) is 2.91. The molecule has 0 fully saturated rings. The SMILES string of the molecule is NC(=O)N/N=C1\c2ccccc2-c2c(C(=O)OCCO)cccc21. The first-order valence-electron chi connectivity index (χ1n) is 7.27. The monoisotopic (exact) mass is 325 g/mol. The zero-order chi connectivity index (χ0) is 17.1. The zero-order valence-electron chi connectivity index (χ0n) is 12.7. The number of hydrogen-bond donors (Lipinski definition) is 3. The van der Waals surface area contributed by atoms with Gasteiger partial charge in [-0.05, 0) is 11.6 Å². The molecule has 0 spiro atoms. The molecular weight excluding hydrogens is 310 g/mol. The molecule has 2 aromatic rings. The van der Waals surface area contributed by atoms with Crippen molar-refractivity contribution in [3.05, 3.63) is 59.2 Å². The van der Waals surface area contributed by atoms with Crippen LogP contribution in [0.2, 0.25) is 0 Å². The van der Waals surface area contributed by atoms with E-state index in [-0.39, 0.29) is 13.2 Å². The third kappa shape index (κ3) is 2.72. The molecule has 0 aromatic heterocycles. The standard InChI is InChI=1S/C17H15N3O4/c18-17(23)20-19-15-11-5-2-1-4-10(11)14-12(15)6-3-7-13(14)16(22)24-9-8-21/h1-7,21H,8-9H2,(H3,18,20,23)/b19-15+. The van der Waals surface area contributed by atoms with Crippen LogP contribution in [0.1, 0.15) is 21.5 Å². The number of rotatable bonds is 4. The van der Waals surface area contributed by atoms with Crippen molar-refractivity contribution in [1.82, 2.24) is 5.43 Å². The number of nitrogens with two attached hydrogens (primary N) is 1. The highest BCUT2D eigenvalue weighted by molar-refractivity contribution is 6.26. The summed E-state index contributed by atoms with van der Waals surface area (Å²) < 4.78 is 5.03. The van der Waals surface area contributed by atoms with Crippen molar-refractivity contribution in [2.45, 2.75) is 0 Å². The highest BCUT2D eigenvalue weighted by Gasteiger charge is 2.29. The minimum Gasteiger partial charge on any atom is -0.460 e. The Kier molecular flexibility index (Phi) is 4.26. The normalized spacial score (nSPS) is 13.3. The molecule has 0 heterocycles. The quantitative estimate of drug-likeness (QED) is 0.494. The van der Waals surface area contributed by atoms with Crippen molar-refractivity contribution in [2.24, 2.45) is 10.8 Å². The summed E-state index contributed by atoms with van der Waals surface area (Å²) in [4.78, 5) is 23.3. The lowest BCUT2D eigenvalue weighted by Crippen LogP contribution is -2.25. The molecule has 7 nitrogen and oxygen atoms in total. The molecule has 2 amide bonds. The van der Waals surface area contributed by atoms with Crippen LogP contribution in [0.4, 0.5) is 4.79 Å². The highest BCUT2D eigenvalue weighted by atomic mass is 16.5. The van der Waals surface area contributed by atoms with Gasteiger partial charge < -0.3 is 15.6 Å². The van der Waals surface area contributed by atoms with Crippen LogP contribution in [-0.4, -0.2) is 36.0 Å². The van der Waals surface area contributed by atoms with Crippen LogP contribution in [0.3, 0.4) is 0 Å². The van der Waals surface area contributed by atoms with Gasteiger partial charge in [0.05, 0.1) is 17.9 Å². The Morgan fingerprint density at radius 3 is 2.50 bits per heavy atom. The Balaban J connectivity index is 2.15. The maximum absolute atomic E-state index is 12.3. The summed E-state index contributed by atoms with van der Waals surface area (Å²) in [6.07, 6.45) is 0. The lowest BCUT2D eigenvalue weighted by Gasteiger charge is -2.08. The Morgan fingerprint density at radius 1 is 1.08 bits per heavy atom. The number of urea groups is 1. The van der Waals surface area contributed by atoms with Gasteiger partial charge in [0, 0.05) is 16.7 Å². The lowest BCUT2D eigenvalue weighted by atomic mass is 9.99. The van der Waals surface area contributed by atoms with Gasteiger partial charge in [0.2, 0.25) is 0 Å². The second kappa shape index (κ2) is 6.51. The number of hydrazone groups is 1. The van der Waals surface area contributed by atoms with E-state index in [1.807, 2.05) is 24.3 Å². The topological polar surface area (TPSA) is 114 Å². The molecule has 1 aliphatic rings. The van der Waals surface area contributed by atoms with Crippen molar-refractivity contribution >= 4 is 17.7 Å². The van der Waals surface area contributed by atoms with E-state index >= 15 is 0 Å². The predicted molar refractivity (Wildman–Crippen MR) is 87.6 cm³/mol. The van der Waals surface area contributed by atoms with Crippen molar-refractivity contribution in [3.63, 3.8) is 0 Å². The second-order valence-corrected chi connectivity index (χ2v) is 5.07. The number of nitrogens with zero attached hydrogens (tertiary/aromatic N) is 1. The molecule has 1 aliphatic carbocycles. The molecule has 24 heavy (non-hydrogen) atoms. The minimum absolute atomic E-state index is 0.0751. The lowest BCUT2D eigenvalue weighted by molar-refractivity contribution is 0.0434. The number of carbonyl (C=O) groups is 2. The Morgan fingerprint density at radius 2 is 1.79 bits per heavy atom. The molecule has 0 saturated heterocycles. The summed E-state index contributed by atoms with van der Waals surface area (Å²) >= 11 is 0. The van der Waals surface area contributed by atoms with Gasteiger partial charge in [-0.3, -0.25) is 0 Å². The molecule has 0 aliphatic heterocycles. The van der Waals surface area contributed by atoms with E-state index in [1.54, 1.807) is 18.2 Å². The minimum atomic E-state index is -0.771. The van der Waals surface area contributed by atoms with Crippen molar-refractivity contribution < 1.29 is 19.4 Å². The Hall–Kier alpha value is -3.19.